The third kappa shape index (κ3) is 3.66. The number of furan rings is 1. The first-order valence-electron chi connectivity index (χ1n) is 7.60. The fourth-order valence-electron chi connectivity index (χ4n) is 2.75. The summed E-state index contributed by atoms with van der Waals surface area (Å²) in [5.74, 6) is 0.900. The van der Waals surface area contributed by atoms with E-state index in [4.69, 9.17) is 9.15 Å². The van der Waals surface area contributed by atoms with E-state index >= 15 is 0 Å². The van der Waals surface area contributed by atoms with Crippen LogP contribution in [-0.4, -0.2) is 67.6 Å². The van der Waals surface area contributed by atoms with Crippen LogP contribution >= 0.6 is 0 Å². The molecule has 1 aromatic rings. The van der Waals surface area contributed by atoms with Gasteiger partial charge in [-0.3, -0.25) is 14.5 Å². The van der Waals surface area contributed by atoms with Crippen molar-refractivity contribution < 1.29 is 18.7 Å². The van der Waals surface area contributed by atoms with Crippen LogP contribution in [0.25, 0.3) is 0 Å². The van der Waals surface area contributed by atoms with Gasteiger partial charge in [-0.05, 0) is 12.1 Å². The van der Waals surface area contributed by atoms with Gasteiger partial charge in [0.1, 0.15) is 5.76 Å². The molecule has 2 saturated heterocycles. The van der Waals surface area contributed by atoms with Crippen molar-refractivity contribution in [3.63, 3.8) is 0 Å². The maximum absolute atomic E-state index is 12.2. The van der Waals surface area contributed by atoms with E-state index < -0.39 is 0 Å². The second-order valence-corrected chi connectivity index (χ2v) is 5.68. The van der Waals surface area contributed by atoms with Gasteiger partial charge < -0.3 is 19.4 Å². The molecular weight excluding hydrogens is 286 g/mol. The minimum Gasteiger partial charge on any atom is -0.467 e. The molecule has 3 rings (SSSR count). The van der Waals surface area contributed by atoms with Crippen molar-refractivity contribution in [2.24, 2.45) is 5.92 Å². The van der Waals surface area contributed by atoms with Crippen LogP contribution in [0.15, 0.2) is 22.8 Å². The molecule has 120 valence electrons. The normalized spacial score (nSPS) is 19.7. The second kappa shape index (κ2) is 6.93. The highest BCUT2D eigenvalue weighted by Gasteiger charge is 2.36. The Hall–Kier alpha value is -1.86. The van der Waals surface area contributed by atoms with Crippen LogP contribution in [-0.2, 0) is 20.9 Å². The Bertz CT molecular complexity index is 505. The van der Waals surface area contributed by atoms with Crippen molar-refractivity contribution in [1.29, 1.82) is 0 Å². The molecule has 7 heteroatoms. The average molecular weight is 307 g/mol. The topological polar surface area (TPSA) is 75.0 Å². The first kappa shape index (κ1) is 15.1. The summed E-state index contributed by atoms with van der Waals surface area (Å²) in [5.41, 5.74) is 0. The smallest absolute Gasteiger partial charge is 0.234 e. The van der Waals surface area contributed by atoms with E-state index in [1.165, 1.54) is 0 Å². The Morgan fingerprint density at radius 1 is 1.27 bits per heavy atom. The summed E-state index contributed by atoms with van der Waals surface area (Å²) in [7, 11) is 0. The number of nitrogens with one attached hydrogen (secondary N) is 1. The highest BCUT2D eigenvalue weighted by molar-refractivity contribution is 5.81. The first-order chi connectivity index (χ1) is 10.7. The number of rotatable bonds is 5. The molecule has 2 aliphatic heterocycles. The quantitative estimate of drug-likeness (QED) is 0.807. The molecule has 0 spiro atoms. The number of likely N-dealkylation sites (tertiary alicyclic amines) is 1. The fraction of sp³-hybridized carbons (Fsp3) is 0.600. The zero-order valence-electron chi connectivity index (χ0n) is 12.5. The van der Waals surface area contributed by atoms with E-state index in [1.54, 1.807) is 12.3 Å². The van der Waals surface area contributed by atoms with Crippen LogP contribution in [0.3, 0.4) is 0 Å². The summed E-state index contributed by atoms with van der Waals surface area (Å²) in [6.45, 7) is 4.64. The van der Waals surface area contributed by atoms with Gasteiger partial charge >= 0.3 is 0 Å². The Labute approximate surface area is 129 Å². The average Bonchev–Trinajstić information content (AvgIpc) is 3.02. The van der Waals surface area contributed by atoms with Crippen molar-refractivity contribution >= 4 is 11.8 Å². The van der Waals surface area contributed by atoms with E-state index in [0.717, 1.165) is 5.76 Å². The summed E-state index contributed by atoms with van der Waals surface area (Å²) < 4.78 is 10.4. The lowest BCUT2D eigenvalue weighted by Gasteiger charge is -2.40. The van der Waals surface area contributed by atoms with Crippen LogP contribution in [0.4, 0.5) is 0 Å². The van der Waals surface area contributed by atoms with Gasteiger partial charge in [0.25, 0.3) is 0 Å². The summed E-state index contributed by atoms with van der Waals surface area (Å²) in [5, 5.41) is 2.81. The summed E-state index contributed by atoms with van der Waals surface area (Å²) in [4.78, 5) is 27.9. The molecule has 0 unspecified atom stereocenters. The van der Waals surface area contributed by atoms with Crippen molar-refractivity contribution in [2.45, 2.75) is 6.54 Å². The summed E-state index contributed by atoms with van der Waals surface area (Å²) >= 11 is 0. The zero-order chi connectivity index (χ0) is 15.4. The predicted molar refractivity (Wildman–Crippen MR) is 77.9 cm³/mol. The third-order valence-electron chi connectivity index (χ3n) is 4.04. The van der Waals surface area contributed by atoms with Gasteiger partial charge in [0.15, 0.2) is 0 Å². The number of nitrogens with zero attached hydrogens (tertiary/aromatic N) is 2. The summed E-state index contributed by atoms with van der Waals surface area (Å²) in [6.07, 6.45) is 1.58. The molecule has 0 saturated carbocycles. The molecule has 2 aliphatic rings. The number of carbonyl (C=O) groups is 2. The number of carbonyl (C=O) groups excluding carboxylic acids is 2. The molecule has 0 bridgehead atoms. The molecule has 0 atom stereocenters. The largest absolute Gasteiger partial charge is 0.467 e. The molecule has 2 amide bonds. The van der Waals surface area contributed by atoms with Crippen molar-refractivity contribution in [1.82, 2.24) is 15.1 Å². The number of ether oxygens (including phenoxy) is 1. The highest BCUT2D eigenvalue weighted by atomic mass is 16.5. The lowest BCUT2D eigenvalue weighted by atomic mass is 9.98. The molecule has 1 N–H and O–H groups in total. The lowest BCUT2D eigenvalue weighted by Crippen LogP contribution is -2.57. The maximum atomic E-state index is 12.2. The monoisotopic (exact) mass is 307 g/mol. The predicted octanol–water partition coefficient (Wildman–Crippen LogP) is -0.314. The molecule has 3 heterocycles. The number of morpholine rings is 1. The molecular formula is C15H21N3O4. The van der Waals surface area contributed by atoms with E-state index in [0.29, 0.717) is 52.5 Å². The number of amides is 2. The van der Waals surface area contributed by atoms with Crippen molar-refractivity contribution in [3.8, 4) is 0 Å². The lowest BCUT2D eigenvalue weighted by molar-refractivity contribution is -0.146. The van der Waals surface area contributed by atoms with Gasteiger partial charge in [0.05, 0.1) is 38.5 Å². The summed E-state index contributed by atoms with van der Waals surface area (Å²) in [6, 6.07) is 3.61. The van der Waals surface area contributed by atoms with E-state index in [1.807, 2.05) is 15.9 Å². The SMILES string of the molecule is O=C(CN1CC(C(=O)N2CCOCC2)C1)NCc1ccco1. The third-order valence-corrected chi connectivity index (χ3v) is 4.04. The standard InChI is InChI=1S/C15H21N3O4/c19-14(16-8-13-2-1-5-22-13)11-17-9-12(10-17)15(20)18-3-6-21-7-4-18/h1-2,5,12H,3-4,6-11H2,(H,16,19). The minimum atomic E-state index is -0.0475. The molecule has 2 fully saturated rings. The van der Waals surface area contributed by atoms with Crippen LogP contribution in [0.1, 0.15) is 5.76 Å². The van der Waals surface area contributed by atoms with Crippen LogP contribution in [0.5, 0.6) is 0 Å². The molecule has 22 heavy (non-hydrogen) atoms. The van der Waals surface area contributed by atoms with Gasteiger partial charge in [-0.15, -0.1) is 0 Å². The van der Waals surface area contributed by atoms with Gasteiger partial charge in [-0.2, -0.15) is 0 Å². The molecule has 0 aromatic carbocycles. The van der Waals surface area contributed by atoms with E-state index in [9.17, 15) is 9.59 Å². The Morgan fingerprint density at radius 3 is 2.73 bits per heavy atom. The first-order valence-corrected chi connectivity index (χ1v) is 7.60. The van der Waals surface area contributed by atoms with Crippen LogP contribution < -0.4 is 5.32 Å². The van der Waals surface area contributed by atoms with E-state index in [2.05, 4.69) is 5.32 Å². The van der Waals surface area contributed by atoms with Crippen LogP contribution in [0.2, 0.25) is 0 Å². The Balaban J connectivity index is 1.34. The maximum Gasteiger partial charge on any atom is 0.234 e. The highest BCUT2D eigenvalue weighted by Crippen LogP contribution is 2.18. The van der Waals surface area contributed by atoms with Gasteiger partial charge in [0.2, 0.25) is 11.8 Å². The number of hydrogen-bond acceptors (Lipinski definition) is 5. The number of hydrogen-bond donors (Lipinski definition) is 1. The van der Waals surface area contributed by atoms with Gasteiger partial charge in [-0.1, -0.05) is 0 Å². The second-order valence-electron chi connectivity index (χ2n) is 5.68. The molecule has 0 radical (unpaired) electrons. The minimum absolute atomic E-state index is 0.0240. The van der Waals surface area contributed by atoms with Crippen molar-refractivity contribution in [2.75, 3.05) is 45.9 Å². The zero-order valence-corrected chi connectivity index (χ0v) is 12.5. The van der Waals surface area contributed by atoms with Gasteiger partial charge in [0, 0.05) is 26.2 Å². The van der Waals surface area contributed by atoms with Crippen LogP contribution in [0, 0.1) is 5.92 Å². The Morgan fingerprint density at radius 2 is 2.05 bits per heavy atom. The molecule has 7 nitrogen and oxygen atoms in total. The van der Waals surface area contributed by atoms with E-state index in [-0.39, 0.29) is 17.7 Å². The molecule has 1 aromatic heterocycles. The Kier molecular flexibility index (Phi) is 4.74. The van der Waals surface area contributed by atoms with Gasteiger partial charge in [-0.25, -0.2) is 0 Å². The fourth-order valence-corrected chi connectivity index (χ4v) is 2.75. The molecule has 0 aliphatic carbocycles. The van der Waals surface area contributed by atoms with Crippen molar-refractivity contribution in [3.05, 3.63) is 24.2 Å².